The van der Waals surface area contributed by atoms with Gasteiger partial charge in [0.2, 0.25) is 0 Å². The minimum atomic E-state index is -0.00157. The van der Waals surface area contributed by atoms with Crippen LogP contribution in [0.4, 0.5) is 17.1 Å². The maximum Gasteiger partial charge on any atom is 0.137 e. The molecule has 252 valence electrons. The molecule has 0 radical (unpaired) electrons. The summed E-state index contributed by atoms with van der Waals surface area (Å²) in [7, 11) is 0. The number of nitrogens with two attached hydrogens (primary N) is 1. The van der Waals surface area contributed by atoms with Gasteiger partial charge in [0.1, 0.15) is 17.3 Å². The molecule has 0 saturated heterocycles. The predicted molar refractivity (Wildman–Crippen MR) is 217 cm³/mol. The van der Waals surface area contributed by atoms with E-state index in [1.807, 2.05) is 36.5 Å². The van der Waals surface area contributed by atoms with Crippen molar-refractivity contribution in [3.05, 3.63) is 135 Å². The van der Waals surface area contributed by atoms with Crippen LogP contribution in [0.5, 0.6) is 11.5 Å². The van der Waals surface area contributed by atoms with Crippen molar-refractivity contribution in [3.63, 3.8) is 0 Å². The van der Waals surface area contributed by atoms with Crippen LogP contribution in [0.25, 0.3) is 38.8 Å². The number of nitrogen functional groups attached to an aromatic ring is 1. The van der Waals surface area contributed by atoms with E-state index in [9.17, 15) is 0 Å². The second-order valence-corrected chi connectivity index (χ2v) is 16.5. The van der Waals surface area contributed by atoms with Gasteiger partial charge in [-0.1, -0.05) is 84.0 Å². The van der Waals surface area contributed by atoms with Crippen molar-refractivity contribution in [2.75, 3.05) is 11.1 Å². The molecule has 0 aliphatic carbocycles. The lowest BCUT2D eigenvalue weighted by molar-refractivity contribution is 0.483. The molecule has 0 spiro atoms. The number of halogens is 2. The summed E-state index contributed by atoms with van der Waals surface area (Å²) in [6, 6.07) is 37.5. The van der Waals surface area contributed by atoms with Gasteiger partial charge in [-0.2, -0.15) is 0 Å². The third kappa shape index (κ3) is 6.52. The van der Waals surface area contributed by atoms with E-state index in [2.05, 4.69) is 162 Å². The number of fused-ring (bicyclic) bond motifs is 3. The summed E-state index contributed by atoms with van der Waals surface area (Å²) in [6.45, 7) is 13.3. The van der Waals surface area contributed by atoms with Crippen LogP contribution in [0.15, 0.2) is 124 Å². The van der Waals surface area contributed by atoms with Crippen LogP contribution in [0.2, 0.25) is 0 Å². The van der Waals surface area contributed by atoms with Crippen LogP contribution in [0.1, 0.15) is 52.7 Å². The van der Waals surface area contributed by atoms with Crippen LogP contribution in [-0.4, -0.2) is 9.55 Å². The molecule has 7 rings (SSSR count). The van der Waals surface area contributed by atoms with E-state index in [-0.39, 0.29) is 10.8 Å². The van der Waals surface area contributed by atoms with Gasteiger partial charge in [0.25, 0.3) is 0 Å². The van der Waals surface area contributed by atoms with Gasteiger partial charge < -0.3 is 15.8 Å². The summed E-state index contributed by atoms with van der Waals surface area (Å²) in [5, 5.41) is 5.94. The van der Waals surface area contributed by atoms with Crippen LogP contribution < -0.4 is 15.8 Å². The van der Waals surface area contributed by atoms with Gasteiger partial charge in [0.05, 0.1) is 28.1 Å². The lowest BCUT2D eigenvalue weighted by Gasteiger charge is -2.23. The molecular formula is C43H40Br2N4O. The first kappa shape index (κ1) is 33.9. The number of rotatable bonds is 6. The van der Waals surface area contributed by atoms with Crippen LogP contribution in [0, 0.1) is 0 Å². The Bertz CT molecular complexity index is 2380. The molecule has 0 fully saturated rings. The highest BCUT2D eigenvalue weighted by atomic mass is 79.9. The van der Waals surface area contributed by atoms with Gasteiger partial charge >= 0.3 is 0 Å². The van der Waals surface area contributed by atoms with Gasteiger partial charge in [-0.25, -0.2) is 4.98 Å². The van der Waals surface area contributed by atoms with Gasteiger partial charge in [-0.3, -0.25) is 4.57 Å². The Hall–Kier alpha value is -4.59. The summed E-state index contributed by atoms with van der Waals surface area (Å²) >= 11 is 7.61. The summed E-state index contributed by atoms with van der Waals surface area (Å²) in [6.07, 6.45) is 1.90. The number of hydrogen-bond acceptors (Lipinski definition) is 4. The van der Waals surface area contributed by atoms with Gasteiger partial charge in [-0.15, -0.1) is 0 Å². The van der Waals surface area contributed by atoms with Gasteiger partial charge in [0, 0.05) is 37.5 Å². The molecule has 0 atom stereocenters. The molecule has 0 bridgehead atoms. The monoisotopic (exact) mass is 786 g/mol. The smallest absolute Gasteiger partial charge is 0.137 e. The molecule has 0 aliphatic rings. The van der Waals surface area contributed by atoms with E-state index in [1.165, 1.54) is 16.5 Å². The Morgan fingerprint density at radius 3 is 2.06 bits per heavy atom. The fourth-order valence-electron chi connectivity index (χ4n) is 6.33. The molecule has 5 aromatic carbocycles. The highest BCUT2D eigenvalue weighted by Crippen LogP contribution is 2.43. The molecule has 50 heavy (non-hydrogen) atoms. The summed E-state index contributed by atoms with van der Waals surface area (Å²) < 4.78 is 10.7. The number of ether oxygens (including phenoxy) is 1. The van der Waals surface area contributed by atoms with E-state index < -0.39 is 0 Å². The number of benzene rings is 5. The Morgan fingerprint density at radius 1 is 0.640 bits per heavy atom. The largest absolute Gasteiger partial charge is 0.457 e. The molecule has 2 aromatic heterocycles. The molecule has 0 unspecified atom stereocenters. The van der Waals surface area contributed by atoms with Crippen molar-refractivity contribution < 1.29 is 4.74 Å². The summed E-state index contributed by atoms with van der Waals surface area (Å²) in [5.41, 5.74) is 15.6. The van der Waals surface area contributed by atoms with E-state index in [0.29, 0.717) is 5.69 Å². The zero-order valence-electron chi connectivity index (χ0n) is 29.1. The second-order valence-electron chi connectivity index (χ2n) is 14.8. The molecule has 0 amide bonds. The van der Waals surface area contributed by atoms with Gasteiger partial charge in [-0.05, 0) is 120 Å². The van der Waals surface area contributed by atoms with E-state index in [0.717, 1.165) is 65.2 Å². The maximum atomic E-state index is 6.62. The second kappa shape index (κ2) is 12.9. The number of aromatic nitrogens is 2. The zero-order valence-corrected chi connectivity index (χ0v) is 32.3. The Kier molecular flexibility index (Phi) is 8.77. The summed E-state index contributed by atoms with van der Waals surface area (Å²) in [4.78, 5) is 4.83. The van der Waals surface area contributed by atoms with Crippen molar-refractivity contribution in [2.24, 2.45) is 0 Å². The average molecular weight is 789 g/mol. The van der Waals surface area contributed by atoms with E-state index in [4.69, 9.17) is 15.5 Å². The lowest BCUT2D eigenvalue weighted by Crippen LogP contribution is -2.12. The third-order valence-corrected chi connectivity index (χ3v) is 10.4. The zero-order chi connectivity index (χ0) is 35.4. The minimum Gasteiger partial charge on any atom is -0.457 e. The first-order valence-corrected chi connectivity index (χ1v) is 18.3. The SMILES string of the molecule is CC(C)(C)c1ccnc(-n2c3ccccc3c3ccc(Oc4cccc(-c5cccc(N)c5Nc5c(Br)cc(C(C)(C)C)cc5Br)c4)cc32)c1. The fourth-order valence-corrected chi connectivity index (χ4v) is 7.72. The first-order valence-electron chi connectivity index (χ1n) is 16.7. The average Bonchev–Trinajstić information content (AvgIpc) is 3.40. The van der Waals surface area contributed by atoms with Crippen molar-refractivity contribution >= 4 is 70.7 Å². The predicted octanol–water partition coefficient (Wildman–Crippen LogP) is 13.1. The number of anilines is 3. The molecule has 7 aromatic rings. The van der Waals surface area contributed by atoms with Crippen LogP contribution in [0.3, 0.4) is 0 Å². The lowest BCUT2D eigenvalue weighted by atomic mass is 9.87. The van der Waals surface area contributed by atoms with Crippen molar-refractivity contribution in [2.45, 2.75) is 52.4 Å². The van der Waals surface area contributed by atoms with Crippen molar-refractivity contribution in [3.8, 4) is 28.4 Å². The number of pyridine rings is 1. The van der Waals surface area contributed by atoms with Gasteiger partial charge in [0.15, 0.2) is 0 Å². The quantitative estimate of drug-likeness (QED) is 0.165. The molecule has 7 heteroatoms. The van der Waals surface area contributed by atoms with Crippen molar-refractivity contribution in [1.29, 1.82) is 0 Å². The molecule has 5 nitrogen and oxygen atoms in total. The highest BCUT2D eigenvalue weighted by Gasteiger charge is 2.21. The number of para-hydroxylation sites is 2. The number of hydrogen-bond donors (Lipinski definition) is 2. The topological polar surface area (TPSA) is 65.1 Å². The van der Waals surface area contributed by atoms with Crippen LogP contribution >= 0.6 is 31.9 Å². The normalized spacial score (nSPS) is 12.1. The Balaban J connectivity index is 1.26. The number of nitrogens with one attached hydrogen (secondary N) is 1. The molecule has 0 aliphatic heterocycles. The summed E-state index contributed by atoms with van der Waals surface area (Å²) in [5.74, 6) is 2.35. The molecular weight excluding hydrogens is 748 g/mol. The fraction of sp³-hybridized carbons (Fsp3) is 0.186. The Morgan fingerprint density at radius 2 is 1.32 bits per heavy atom. The minimum absolute atomic E-state index is 0.00157. The Labute approximate surface area is 310 Å². The number of nitrogens with zero attached hydrogens (tertiary/aromatic N) is 2. The van der Waals surface area contributed by atoms with Crippen molar-refractivity contribution in [1.82, 2.24) is 9.55 Å². The highest BCUT2D eigenvalue weighted by molar-refractivity contribution is 9.11. The maximum absolute atomic E-state index is 6.62. The molecule has 2 heterocycles. The molecule has 3 N–H and O–H groups in total. The van der Waals surface area contributed by atoms with Crippen LogP contribution in [-0.2, 0) is 10.8 Å². The van der Waals surface area contributed by atoms with E-state index in [1.54, 1.807) is 0 Å². The first-order chi connectivity index (χ1) is 23.8. The molecule has 0 saturated carbocycles. The third-order valence-electron chi connectivity index (χ3n) is 9.12. The standard InChI is InChI=1S/C43H40Br2N4O/c1-42(2,3)27-19-20-47-39(24-27)49-37-16-8-7-13-32(37)33-18-17-30(25-38(33)49)50-29-12-9-11-26(21-29)31-14-10-15-36(46)40(31)48-41-34(44)22-28(23-35(41)45)43(4,5)6/h7-25,48H,46H2,1-6H3. The van der Waals surface area contributed by atoms with E-state index >= 15 is 0 Å².